The highest BCUT2D eigenvalue weighted by atomic mass is 14.2. The number of hydrogen-bond donors (Lipinski definition) is 0. The highest BCUT2D eigenvalue weighted by molar-refractivity contribution is 6.33. The van der Waals surface area contributed by atoms with Gasteiger partial charge in [0.25, 0.3) is 0 Å². The molecule has 0 radical (unpaired) electrons. The Labute approximate surface area is 336 Å². The number of rotatable bonds is 4. The second kappa shape index (κ2) is 13.0. The lowest BCUT2D eigenvalue weighted by atomic mass is 9.84. The molecule has 0 nitrogen and oxygen atoms in total. The van der Waals surface area contributed by atoms with Crippen LogP contribution in [0.15, 0.2) is 218 Å². The molecule has 58 heavy (non-hydrogen) atoms. The molecule has 0 amide bonds. The van der Waals surface area contributed by atoms with E-state index in [-0.39, 0.29) is 0 Å². The summed E-state index contributed by atoms with van der Waals surface area (Å²) in [7, 11) is 0. The van der Waals surface area contributed by atoms with E-state index in [1.165, 1.54) is 120 Å². The van der Waals surface area contributed by atoms with Gasteiger partial charge in [0.2, 0.25) is 0 Å². The van der Waals surface area contributed by atoms with Crippen molar-refractivity contribution in [2.75, 3.05) is 0 Å². The lowest BCUT2D eigenvalue weighted by molar-refractivity contribution is 1.62. The van der Waals surface area contributed by atoms with Gasteiger partial charge in [0.05, 0.1) is 0 Å². The number of hydrogen-bond acceptors (Lipinski definition) is 0. The van der Waals surface area contributed by atoms with Crippen molar-refractivity contribution in [2.45, 2.75) is 0 Å². The van der Waals surface area contributed by atoms with Crippen LogP contribution >= 0.6 is 0 Å². The van der Waals surface area contributed by atoms with Gasteiger partial charge in [-0.05, 0) is 144 Å². The molecule has 0 bridgehead atoms. The first kappa shape index (κ1) is 32.7. The third kappa shape index (κ3) is 5.02. The van der Waals surface area contributed by atoms with E-state index in [2.05, 4.69) is 218 Å². The van der Waals surface area contributed by atoms with Gasteiger partial charge < -0.3 is 0 Å². The fourth-order valence-corrected chi connectivity index (χ4v) is 9.82. The molecule has 0 fully saturated rings. The Morgan fingerprint density at radius 2 is 0.586 bits per heavy atom. The Kier molecular flexibility index (Phi) is 7.33. The van der Waals surface area contributed by atoms with Crippen molar-refractivity contribution in [3.63, 3.8) is 0 Å². The fourth-order valence-electron chi connectivity index (χ4n) is 9.82. The van der Waals surface area contributed by atoms with Crippen LogP contribution in [0.1, 0.15) is 0 Å². The maximum absolute atomic E-state index is 2.45. The van der Waals surface area contributed by atoms with E-state index in [1.807, 2.05) is 0 Å². The largest absolute Gasteiger partial charge is 0.0616 e. The average molecular weight is 733 g/mol. The van der Waals surface area contributed by atoms with Crippen LogP contribution in [0.5, 0.6) is 0 Å². The van der Waals surface area contributed by atoms with Crippen LogP contribution in [-0.4, -0.2) is 0 Å². The molecule has 268 valence electrons. The molecule has 12 rings (SSSR count). The molecule has 0 saturated heterocycles. The van der Waals surface area contributed by atoms with E-state index >= 15 is 0 Å². The molecule has 0 heteroatoms. The van der Waals surface area contributed by atoms with Crippen molar-refractivity contribution in [1.29, 1.82) is 0 Å². The summed E-state index contributed by atoms with van der Waals surface area (Å²) >= 11 is 0. The van der Waals surface area contributed by atoms with Crippen LogP contribution < -0.4 is 0 Å². The molecule has 12 aromatic carbocycles. The summed E-state index contributed by atoms with van der Waals surface area (Å²) in [6, 6.07) is 80.9. The molecule has 0 spiro atoms. The smallest absolute Gasteiger partial charge is 0.00199 e. The van der Waals surface area contributed by atoms with Gasteiger partial charge in [-0.25, -0.2) is 0 Å². The van der Waals surface area contributed by atoms with Gasteiger partial charge in [-0.3, -0.25) is 0 Å². The summed E-state index contributed by atoms with van der Waals surface area (Å²) in [6.07, 6.45) is 0. The lowest BCUT2D eigenvalue weighted by Gasteiger charge is -2.19. The van der Waals surface area contributed by atoms with Gasteiger partial charge >= 0.3 is 0 Å². The molecule has 0 heterocycles. The second-order valence-corrected chi connectivity index (χ2v) is 15.5. The molecule has 0 saturated carbocycles. The predicted molar refractivity (Wildman–Crippen MR) is 251 cm³/mol. The number of fused-ring (bicyclic) bond motifs is 11. The summed E-state index contributed by atoms with van der Waals surface area (Å²) < 4.78 is 0. The zero-order chi connectivity index (χ0) is 38.2. The molecule has 0 atom stereocenters. The molecule has 0 aliphatic carbocycles. The van der Waals surface area contributed by atoms with E-state index in [0.29, 0.717) is 0 Å². The van der Waals surface area contributed by atoms with Gasteiger partial charge in [0.15, 0.2) is 0 Å². The third-order valence-corrected chi connectivity index (χ3v) is 12.4. The van der Waals surface area contributed by atoms with E-state index in [0.717, 1.165) is 0 Å². The Hall–Kier alpha value is -7.54. The Bertz CT molecular complexity index is 3570. The predicted octanol–water partition coefficient (Wildman–Crippen LogP) is 16.4. The van der Waals surface area contributed by atoms with Gasteiger partial charge in [-0.2, -0.15) is 0 Å². The van der Waals surface area contributed by atoms with E-state index in [1.54, 1.807) is 0 Å². The van der Waals surface area contributed by atoms with Gasteiger partial charge in [-0.1, -0.05) is 194 Å². The first-order valence-corrected chi connectivity index (χ1v) is 20.2. The maximum Gasteiger partial charge on any atom is -0.00199 e. The van der Waals surface area contributed by atoms with Crippen LogP contribution in [0.4, 0.5) is 0 Å². The normalized spacial score (nSPS) is 11.8. The Morgan fingerprint density at radius 3 is 1.19 bits per heavy atom. The first-order chi connectivity index (χ1) is 28.8. The number of benzene rings is 12. The van der Waals surface area contributed by atoms with Gasteiger partial charge in [0.1, 0.15) is 0 Å². The molecule has 0 aromatic heterocycles. The standard InChI is InChI=1S/C58H36/c1-2-16-38-33-40(32-31-37(38)15-1)39-17-13-19-42(34-39)56-50-27-9-11-29-52(50)57(53-30-12-10-28-51(53)56)43-20-14-18-41(35-43)54-36-55-46-23-4-3-21-44(46)45-22-5-7-25-48(45)58(55)49-26-8-6-24-47(49)54/h1-36H. The molecule has 0 unspecified atom stereocenters. The maximum atomic E-state index is 2.45. The van der Waals surface area contributed by atoms with E-state index < -0.39 is 0 Å². The van der Waals surface area contributed by atoms with Crippen molar-refractivity contribution in [1.82, 2.24) is 0 Å². The monoisotopic (exact) mass is 732 g/mol. The van der Waals surface area contributed by atoms with Crippen LogP contribution in [0.25, 0.3) is 120 Å². The minimum atomic E-state index is 1.22. The molecule has 0 aliphatic rings. The van der Waals surface area contributed by atoms with Crippen LogP contribution in [-0.2, 0) is 0 Å². The van der Waals surface area contributed by atoms with Crippen molar-refractivity contribution >= 4 is 75.4 Å². The quantitative estimate of drug-likeness (QED) is 0.125. The van der Waals surface area contributed by atoms with Crippen LogP contribution in [0.2, 0.25) is 0 Å². The first-order valence-electron chi connectivity index (χ1n) is 20.2. The summed E-state index contributed by atoms with van der Waals surface area (Å²) in [5.41, 5.74) is 9.89. The molecule has 12 aromatic rings. The topological polar surface area (TPSA) is 0 Å². The second-order valence-electron chi connectivity index (χ2n) is 15.5. The molecular formula is C58H36. The summed E-state index contributed by atoms with van der Waals surface area (Å²) in [6.45, 7) is 0. The van der Waals surface area contributed by atoms with E-state index in [9.17, 15) is 0 Å². The van der Waals surface area contributed by atoms with Crippen molar-refractivity contribution in [2.24, 2.45) is 0 Å². The zero-order valence-corrected chi connectivity index (χ0v) is 31.8. The lowest BCUT2D eigenvalue weighted by Crippen LogP contribution is -1.92. The van der Waals surface area contributed by atoms with Gasteiger partial charge in [0, 0.05) is 0 Å². The molecule has 0 aliphatic heterocycles. The van der Waals surface area contributed by atoms with Gasteiger partial charge in [-0.15, -0.1) is 0 Å². The zero-order valence-electron chi connectivity index (χ0n) is 31.8. The van der Waals surface area contributed by atoms with Crippen molar-refractivity contribution < 1.29 is 0 Å². The minimum absolute atomic E-state index is 1.22. The third-order valence-electron chi connectivity index (χ3n) is 12.4. The highest BCUT2D eigenvalue weighted by Crippen LogP contribution is 2.47. The SMILES string of the molecule is c1cc(-c2ccc3ccccc3c2)cc(-c2c3ccccc3c(-c3cccc(-c4cc5c6ccccc6c6ccccc6c5c5ccccc45)c3)c3ccccc23)c1. The minimum Gasteiger partial charge on any atom is -0.0616 e. The van der Waals surface area contributed by atoms with E-state index in [4.69, 9.17) is 0 Å². The molecular weight excluding hydrogens is 697 g/mol. The summed E-state index contributed by atoms with van der Waals surface area (Å²) in [5.74, 6) is 0. The van der Waals surface area contributed by atoms with Crippen LogP contribution in [0, 0.1) is 0 Å². The fraction of sp³-hybridized carbons (Fsp3) is 0. The summed E-state index contributed by atoms with van der Waals surface area (Å²) in [5, 5.41) is 17.9. The molecule has 0 N–H and O–H groups in total. The van der Waals surface area contributed by atoms with Crippen molar-refractivity contribution in [3.8, 4) is 44.5 Å². The Balaban J connectivity index is 1.08. The highest BCUT2D eigenvalue weighted by Gasteiger charge is 2.19. The Morgan fingerprint density at radius 1 is 0.190 bits per heavy atom. The summed E-state index contributed by atoms with van der Waals surface area (Å²) in [4.78, 5) is 0. The van der Waals surface area contributed by atoms with Crippen molar-refractivity contribution in [3.05, 3.63) is 218 Å². The average Bonchev–Trinajstić information content (AvgIpc) is 3.30. The van der Waals surface area contributed by atoms with Crippen LogP contribution in [0.3, 0.4) is 0 Å².